The first-order valence-corrected chi connectivity index (χ1v) is 10.4. The van der Waals surface area contributed by atoms with Crippen molar-refractivity contribution < 1.29 is 15.3 Å². The largest absolute Gasteiger partial charge is 0.393 e. The maximum absolute atomic E-state index is 11.1. The molecule has 0 saturated heterocycles. The van der Waals surface area contributed by atoms with Crippen molar-refractivity contribution in [1.29, 1.82) is 0 Å². The number of hydrogen-bond acceptors (Lipinski definition) is 3. The molecular formula is C22H36O3. The predicted octanol–water partition coefficient (Wildman–Crippen LogP) is 3.52. The van der Waals surface area contributed by atoms with Crippen molar-refractivity contribution in [2.75, 3.05) is 0 Å². The molecule has 0 spiro atoms. The standard InChI is InChI=1S/C22H36O3/c1-12(2)14-5-6-15-18-16(8-10-21(14,15)3)22(4)9-7-13(23)11-17(22)19(24)20(18)25/h13-20,23-25H,1,5-11H2,2-4H3/t13-,14+,15?,16?,17?,18?,19+,20+,21+,22+/m0/s1. The Balaban J connectivity index is 1.70. The van der Waals surface area contributed by atoms with Crippen molar-refractivity contribution in [2.24, 2.45) is 40.4 Å². The molecule has 4 saturated carbocycles. The van der Waals surface area contributed by atoms with Gasteiger partial charge in [0.2, 0.25) is 0 Å². The van der Waals surface area contributed by atoms with Crippen molar-refractivity contribution in [1.82, 2.24) is 0 Å². The highest BCUT2D eigenvalue weighted by atomic mass is 16.3. The molecule has 142 valence electrons. The summed E-state index contributed by atoms with van der Waals surface area (Å²) in [5, 5.41) is 32.3. The topological polar surface area (TPSA) is 60.7 Å². The van der Waals surface area contributed by atoms with Crippen molar-refractivity contribution in [3.63, 3.8) is 0 Å². The molecule has 3 N–H and O–H groups in total. The lowest BCUT2D eigenvalue weighted by molar-refractivity contribution is -0.221. The molecule has 0 aromatic carbocycles. The normalized spacial score (nSPS) is 58.2. The van der Waals surface area contributed by atoms with Gasteiger partial charge in [-0.2, -0.15) is 0 Å². The van der Waals surface area contributed by atoms with Gasteiger partial charge in [-0.15, -0.1) is 0 Å². The summed E-state index contributed by atoms with van der Waals surface area (Å²) in [5.41, 5.74) is 1.58. The molecular weight excluding hydrogens is 312 g/mol. The van der Waals surface area contributed by atoms with Gasteiger partial charge in [0, 0.05) is 0 Å². The van der Waals surface area contributed by atoms with E-state index in [0.29, 0.717) is 24.2 Å². The quantitative estimate of drug-likeness (QED) is 0.635. The molecule has 4 fully saturated rings. The number of fused-ring (bicyclic) bond motifs is 5. The minimum Gasteiger partial charge on any atom is -0.393 e. The minimum atomic E-state index is -0.688. The molecule has 0 heterocycles. The third-order valence-electron chi connectivity index (χ3n) is 9.32. The molecule has 4 aliphatic carbocycles. The summed E-state index contributed by atoms with van der Waals surface area (Å²) in [6.07, 6.45) is 5.53. The highest BCUT2D eigenvalue weighted by molar-refractivity contribution is 5.17. The number of rotatable bonds is 1. The number of aliphatic hydroxyl groups excluding tert-OH is 3. The van der Waals surface area contributed by atoms with Gasteiger partial charge >= 0.3 is 0 Å². The number of aliphatic hydroxyl groups is 3. The fourth-order valence-electron chi connectivity index (χ4n) is 8.05. The van der Waals surface area contributed by atoms with Crippen LogP contribution in [0.3, 0.4) is 0 Å². The maximum Gasteiger partial charge on any atom is 0.0836 e. The van der Waals surface area contributed by atoms with Crippen LogP contribution in [0, 0.1) is 40.4 Å². The Labute approximate surface area is 152 Å². The average Bonchev–Trinajstić information content (AvgIpc) is 2.91. The van der Waals surface area contributed by atoms with Gasteiger partial charge in [0.15, 0.2) is 0 Å². The summed E-state index contributed by atoms with van der Waals surface area (Å²) in [6, 6.07) is 0. The van der Waals surface area contributed by atoms with Gasteiger partial charge in [-0.1, -0.05) is 26.0 Å². The van der Waals surface area contributed by atoms with Crippen molar-refractivity contribution in [3.05, 3.63) is 12.2 Å². The summed E-state index contributed by atoms with van der Waals surface area (Å²) in [7, 11) is 0. The van der Waals surface area contributed by atoms with Crippen molar-refractivity contribution in [3.8, 4) is 0 Å². The van der Waals surface area contributed by atoms with Crippen LogP contribution in [0.25, 0.3) is 0 Å². The Kier molecular flexibility index (Phi) is 4.18. The first-order valence-electron chi connectivity index (χ1n) is 10.4. The molecule has 0 bridgehead atoms. The van der Waals surface area contributed by atoms with Crippen molar-refractivity contribution >= 4 is 0 Å². The fraction of sp³-hybridized carbons (Fsp3) is 0.909. The molecule has 4 unspecified atom stereocenters. The van der Waals surface area contributed by atoms with Gasteiger partial charge in [-0.05, 0) is 92.3 Å². The zero-order valence-corrected chi connectivity index (χ0v) is 16.1. The van der Waals surface area contributed by atoms with E-state index in [9.17, 15) is 15.3 Å². The van der Waals surface area contributed by atoms with Crippen LogP contribution in [-0.4, -0.2) is 33.6 Å². The molecule has 4 aliphatic rings. The summed E-state index contributed by atoms with van der Waals surface area (Å²) in [5.74, 6) is 1.76. The van der Waals surface area contributed by atoms with E-state index in [-0.39, 0.29) is 28.8 Å². The van der Waals surface area contributed by atoms with Crippen LogP contribution in [-0.2, 0) is 0 Å². The smallest absolute Gasteiger partial charge is 0.0836 e. The molecule has 10 atom stereocenters. The van der Waals surface area contributed by atoms with Gasteiger partial charge in [0.1, 0.15) is 0 Å². The van der Waals surface area contributed by atoms with E-state index >= 15 is 0 Å². The van der Waals surface area contributed by atoms with Gasteiger partial charge in [0.25, 0.3) is 0 Å². The molecule has 0 amide bonds. The second kappa shape index (κ2) is 5.81. The first kappa shape index (κ1) is 18.0. The number of allylic oxidation sites excluding steroid dienone is 1. The van der Waals surface area contributed by atoms with Gasteiger partial charge in [-0.3, -0.25) is 0 Å². The van der Waals surface area contributed by atoms with E-state index in [2.05, 4.69) is 27.4 Å². The van der Waals surface area contributed by atoms with E-state index in [0.717, 1.165) is 25.7 Å². The van der Waals surface area contributed by atoms with Crippen LogP contribution in [0.5, 0.6) is 0 Å². The molecule has 0 aromatic rings. The van der Waals surface area contributed by atoms with Gasteiger partial charge < -0.3 is 15.3 Å². The summed E-state index contributed by atoms with van der Waals surface area (Å²) < 4.78 is 0. The highest BCUT2D eigenvalue weighted by Gasteiger charge is 2.64. The lowest BCUT2D eigenvalue weighted by atomic mass is 9.43. The highest BCUT2D eigenvalue weighted by Crippen LogP contribution is 2.68. The van der Waals surface area contributed by atoms with Crippen LogP contribution >= 0.6 is 0 Å². The monoisotopic (exact) mass is 348 g/mol. The molecule has 0 aromatic heterocycles. The molecule has 0 radical (unpaired) electrons. The Morgan fingerprint density at radius 3 is 2.16 bits per heavy atom. The Bertz CT molecular complexity index is 559. The third kappa shape index (κ3) is 2.34. The lowest BCUT2D eigenvalue weighted by Gasteiger charge is -2.63. The Morgan fingerprint density at radius 2 is 1.48 bits per heavy atom. The fourth-order valence-corrected chi connectivity index (χ4v) is 8.05. The summed E-state index contributed by atoms with van der Waals surface area (Å²) in [6.45, 7) is 11.2. The zero-order chi connectivity index (χ0) is 18.1. The lowest BCUT2D eigenvalue weighted by Crippen LogP contribution is -2.64. The third-order valence-corrected chi connectivity index (χ3v) is 9.32. The summed E-state index contributed by atoms with van der Waals surface area (Å²) in [4.78, 5) is 0. The number of hydrogen-bond donors (Lipinski definition) is 3. The van der Waals surface area contributed by atoms with Crippen LogP contribution in [0.1, 0.15) is 65.7 Å². The zero-order valence-electron chi connectivity index (χ0n) is 16.1. The average molecular weight is 349 g/mol. The summed E-state index contributed by atoms with van der Waals surface area (Å²) >= 11 is 0. The second-order valence-corrected chi connectivity index (χ2v) is 10.3. The van der Waals surface area contributed by atoms with E-state index in [1.165, 1.54) is 18.4 Å². The van der Waals surface area contributed by atoms with E-state index in [1.807, 2.05) is 0 Å². The van der Waals surface area contributed by atoms with E-state index in [4.69, 9.17) is 0 Å². The maximum atomic E-state index is 11.1. The Hall–Kier alpha value is -0.380. The van der Waals surface area contributed by atoms with Gasteiger partial charge in [-0.25, -0.2) is 0 Å². The van der Waals surface area contributed by atoms with Crippen LogP contribution in [0.2, 0.25) is 0 Å². The second-order valence-electron chi connectivity index (χ2n) is 10.3. The minimum absolute atomic E-state index is 0.0372. The van der Waals surface area contributed by atoms with Crippen molar-refractivity contribution in [2.45, 2.75) is 84.0 Å². The molecule has 25 heavy (non-hydrogen) atoms. The van der Waals surface area contributed by atoms with Gasteiger partial charge in [0.05, 0.1) is 18.3 Å². The van der Waals surface area contributed by atoms with Crippen LogP contribution in [0.4, 0.5) is 0 Å². The SMILES string of the molecule is C=C(C)[C@H]1CCC2C3C(CC[C@@]21C)[C@@]1(C)CC[C@H](O)CC1[C@@H](O)[C@@H]3O. The van der Waals surface area contributed by atoms with Crippen LogP contribution in [0.15, 0.2) is 12.2 Å². The Morgan fingerprint density at radius 1 is 0.840 bits per heavy atom. The predicted molar refractivity (Wildman–Crippen MR) is 98.8 cm³/mol. The molecule has 0 aliphatic heterocycles. The molecule has 3 heteroatoms. The molecule has 3 nitrogen and oxygen atoms in total. The molecule has 4 rings (SSSR count). The van der Waals surface area contributed by atoms with E-state index < -0.39 is 12.2 Å². The van der Waals surface area contributed by atoms with E-state index in [1.54, 1.807) is 0 Å². The first-order chi connectivity index (χ1) is 11.7. The van der Waals surface area contributed by atoms with Crippen LogP contribution < -0.4 is 0 Å².